The molecule has 2 aromatic rings. The number of nitrogens with zero attached hydrogens (tertiary/aromatic N) is 1. The van der Waals surface area contributed by atoms with Crippen molar-refractivity contribution in [1.29, 1.82) is 0 Å². The second kappa shape index (κ2) is 8.66. The second-order valence-corrected chi connectivity index (χ2v) is 6.13. The van der Waals surface area contributed by atoms with Crippen LogP contribution in [0.4, 0.5) is 5.69 Å². The first-order valence-corrected chi connectivity index (χ1v) is 8.62. The van der Waals surface area contributed by atoms with Crippen LogP contribution >= 0.6 is 11.3 Å². The Bertz CT molecular complexity index is 592. The molecule has 0 unspecified atom stereocenters. The monoisotopic (exact) mass is 317 g/mol. The highest BCUT2D eigenvalue weighted by atomic mass is 32.1. The molecule has 1 amide bonds. The van der Waals surface area contributed by atoms with Gasteiger partial charge in [0.2, 0.25) is 5.91 Å². The maximum absolute atomic E-state index is 11.5. The first-order chi connectivity index (χ1) is 10.7. The van der Waals surface area contributed by atoms with E-state index in [1.165, 1.54) is 10.6 Å². The summed E-state index contributed by atoms with van der Waals surface area (Å²) in [5.74, 6) is 0.0728. The van der Waals surface area contributed by atoms with Gasteiger partial charge in [-0.15, -0.1) is 11.3 Å². The highest BCUT2D eigenvalue weighted by Gasteiger charge is 2.02. The fraction of sp³-hybridized carbons (Fsp3) is 0.412. The zero-order valence-corrected chi connectivity index (χ0v) is 14.0. The highest BCUT2D eigenvalue weighted by Crippen LogP contribution is 2.12. The molecule has 0 bridgehead atoms. The lowest BCUT2D eigenvalue weighted by molar-refractivity contribution is -0.116. The van der Waals surface area contributed by atoms with Gasteiger partial charge in [-0.05, 0) is 30.5 Å². The Morgan fingerprint density at radius 3 is 2.59 bits per heavy atom. The number of hydrogen-bond acceptors (Lipinski definition) is 4. The molecular weight excluding hydrogens is 294 g/mol. The quantitative estimate of drug-likeness (QED) is 0.780. The van der Waals surface area contributed by atoms with E-state index in [1.807, 2.05) is 31.2 Å². The van der Waals surface area contributed by atoms with E-state index in [-0.39, 0.29) is 5.91 Å². The Hall–Kier alpha value is -1.72. The van der Waals surface area contributed by atoms with Crippen LogP contribution in [-0.2, 0) is 24.3 Å². The van der Waals surface area contributed by atoms with Gasteiger partial charge in [-0.25, -0.2) is 4.98 Å². The topological polar surface area (TPSA) is 54.0 Å². The molecule has 118 valence electrons. The summed E-state index contributed by atoms with van der Waals surface area (Å²) in [4.78, 5) is 16.1. The van der Waals surface area contributed by atoms with E-state index in [1.54, 1.807) is 11.3 Å². The Balaban J connectivity index is 1.77. The number of rotatable bonds is 8. The number of aromatic nitrogens is 1. The smallest absolute Gasteiger partial charge is 0.224 e. The molecule has 2 N–H and O–H groups in total. The predicted octanol–water partition coefficient (Wildman–Crippen LogP) is 3.73. The highest BCUT2D eigenvalue weighted by molar-refractivity contribution is 7.09. The fourth-order valence-electron chi connectivity index (χ4n) is 2.08. The van der Waals surface area contributed by atoms with E-state index < -0.39 is 0 Å². The third-order valence-corrected chi connectivity index (χ3v) is 4.29. The van der Waals surface area contributed by atoms with Crippen LogP contribution in [0.1, 0.15) is 43.0 Å². The Labute approximate surface area is 136 Å². The zero-order chi connectivity index (χ0) is 15.8. The molecule has 0 aliphatic carbocycles. The zero-order valence-electron chi connectivity index (χ0n) is 13.2. The molecule has 0 atom stereocenters. The lowest BCUT2D eigenvalue weighted by Gasteiger charge is -2.07. The Morgan fingerprint density at radius 1 is 1.18 bits per heavy atom. The molecule has 0 saturated heterocycles. The molecule has 0 fully saturated rings. The van der Waals surface area contributed by atoms with E-state index in [9.17, 15) is 4.79 Å². The normalized spacial score (nSPS) is 10.6. The molecule has 22 heavy (non-hydrogen) atoms. The van der Waals surface area contributed by atoms with Crippen LogP contribution in [0.2, 0.25) is 0 Å². The third kappa shape index (κ3) is 5.24. The lowest BCUT2D eigenvalue weighted by atomic mass is 10.2. The van der Waals surface area contributed by atoms with Crippen molar-refractivity contribution in [1.82, 2.24) is 10.3 Å². The van der Waals surface area contributed by atoms with Gasteiger partial charge in [0, 0.05) is 30.6 Å². The summed E-state index contributed by atoms with van der Waals surface area (Å²) in [5.41, 5.74) is 3.15. The molecule has 0 aliphatic rings. The minimum absolute atomic E-state index is 0.0728. The molecule has 0 spiro atoms. The minimum Gasteiger partial charge on any atom is -0.326 e. The summed E-state index contributed by atoms with van der Waals surface area (Å²) < 4.78 is 0. The van der Waals surface area contributed by atoms with Gasteiger partial charge >= 0.3 is 0 Å². The van der Waals surface area contributed by atoms with Gasteiger partial charge in [0.05, 0.1) is 10.7 Å². The summed E-state index contributed by atoms with van der Waals surface area (Å²) in [6, 6.07) is 7.96. The molecule has 1 heterocycles. The molecule has 0 radical (unpaired) electrons. The predicted molar refractivity (Wildman–Crippen MR) is 92.0 cm³/mol. The van der Waals surface area contributed by atoms with Crippen molar-refractivity contribution < 1.29 is 4.79 Å². The number of aryl methyl sites for hydroxylation is 1. The van der Waals surface area contributed by atoms with Gasteiger partial charge in [-0.2, -0.15) is 0 Å². The Morgan fingerprint density at radius 2 is 1.95 bits per heavy atom. The number of amides is 1. The largest absolute Gasteiger partial charge is 0.326 e. The molecule has 4 nitrogen and oxygen atoms in total. The number of thiazole rings is 1. The summed E-state index contributed by atoms with van der Waals surface area (Å²) in [7, 11) is 0. The first-order valence-electron chi connectivity index (χ1n) is 7.74. The van der Waals surface area contributed by atoms with Crippen LogP contribution < -0.4 is 10.6 Å². The van der Waals surface area contributed by atoms with E-state index in [0.29, 0.717) is 6.42 Å². The summed E-state index contributed by atoms with van der Waals surface area (Å²) in [5, 5.41) is 9.58. The Kier molecular flexibility index (Phi) is 6.55. The second-order valence-electron chi connectivity index (χ2n) is 5.18. The average molecular weight is 317 g/mol. The van der Waals surface area contributed by atoms with Gasteiger partial charge in [-0.1, -0.05) is 26.0 Å². The van der Waals surface area contributed by atoms with E-state index in [0.717, 1.165) is 37.3 Å². The molecule has 5 heteroatoms. The first kappa shape index (κ1) is 16.6. The lowest BCUT2D eigenvalue weighted by Crippen LogP contribution is -2.13. The van der Waals surface area contributed by atoms with Crippen LogP contribution in [-0.4, -0.2) is 10.9 Å². The fourth-order valence-corrected chi connectivity index (χ4v) is 2.83. The standard InChI is InChI=1S/C17H23N3OS/c1-3-5-16(21)19-14-8-6-13(7-9-14)10-18-11-15-12-22-17(4-2)20-15/h6-9,12,18H,3-5,10-11H2,1-2H3,(H,19,21). The van der Waals surface area contributed by atoms with Crippen molar-refractivity contribution in [2.24, 2.45) is 0 Å². The van der Waals surface area contributed by atoms with Crippen LogP contribution in [0.5, 0.6) is 0 Å². The molecule has 0 saturated carbocycles. The van der Waals surface area contributed by atoms with E-state index >= 15 is 0 Å². The van der Waals surface area contributed by atoms with E-state index in [4.69, 9.17) is 0 Å². The summed E-state index contributed by atoms with van der Waals surface area (Å²) in [6.07, 6.45) is 2.43. The van der Waals surface area contributed by atoms with Gasteiger partial charge in [0.1, 0.15) is 0 Å². The van der Waals surface area contributed by atoms with Crippen molar-refractivity contribution in [3.05, 3.63) is 45.9 Å². The van der Waals surface area contributed by atoms with Crippen molar-refractivity contribution in [3.8, 4) is 0 Å². The van der Waals surface area contributed by atoms with Crippen molar-refractivity contribution in [2.45, 2.75) is 46.2 Å². The number of carbonyl (C=O) groups is 1. The molecule has 0 aliphatic heterocycles. The maximum atomic E-state index is 11.5. The van der Waals surface area contributed by atoms with Gasteiger partial charge < -0.3 is 10.6 Å². The number of benzene rings is 1. The number of carbonyl (C=O) groups excluding carboxylic acids is 1. The van der Waals surface area contributed by atoms with Crippen molar-refractivity contribution in [2.75, 3.05) is 5.32 Å². The van der Waals surface area contributed by atoms with Crippen LogP contribution in [0.15, 0.2) is 29.6 Å². The van der Waals surface area contributed by atoms with Gasteiger partial charge in [0.15, 0.2) is 0 Å². The number of nitrogens with one attached hydrogen (secondary N) is 2. The van der Waals surface area contributed by atoms with Crippen molar-refractivity contribution in [3.63, 3.8) is 0 Å². The molecular formula is C17H23N3OS. The van der Waals surface area contributed by atoms with Crippen LogP contribution in [0.25, 0.3) is 0 Å². The average Bonchev–Trinajstić information content (AvgIpc) is 2.97. The molecule has 2 rings (SSSR count). The SMILES string of the molecule is CCCC(=O)Nc1ccc(CNCc2csc(CC)n2)cc1. The van der Waals surface area contributed by atoms with Gasteiger partial charge in [0.25, 0.3) is 0 Å². The summed E-state index contributed by atoms with van der Waals surface area (Å²) >= 11 is 1.72. The van der Waals surface area contributed by atoms with Crippen LogP contribution in [0.3, 0.4) is 0 Å². The van der Waals surface area contributed by atoms with Gasteiger partial charge in [-0.3, -0.25) is 4.79 Å². The van der Waals surface area contributed by atoms with Crippen LogP contribution in [0, 0.1) is 0 Å². The number of anilines is 1. The van der Waals surface area contributed by atoms with Crippen molar-refractivity contribution >= 4 is 22.9 Å². The number of hydrogen-bond donors (Lipinski definition) is 2. The molecule has 1 aromatic heterocycles. The summed E-state index contributed by atoms with van der Waals surface area (Å²) in [6.45, 7) is 5.70. The third-order valence-electron chi connectivity index (χ3n) is 3.25. The maximum Gasteiger partial charge on any atom is 0.224 e. The molecule has 1 aromatic carbocycles. The van der Waals surface area contributed by atoms with E-state index in [2.05, 4.69) is 27.9 Å². The minimum atomic E-state index is 0.0728.